The summed E-state index contributed by atoms with van der Waals surface area (Å²) in [6.45, 7) is 4.07. The van der Waals surface area contributed by atoms with Crippen molar-refractivity contribution < 1.29 is 28.3 Å². The van der Waals surface area contributed by atoms with E-state index in [0.29, 0.717) is 48.0 Å². The van der Waals surface area contributed by atoms with E-state index >= 15 is 0 Å². The molecule has 4 amide bonds. The fourth-order valence-electron chi connectivity index (χ4n) is 4.27. The van der Waals surface area contributed by atoms with Crippen LogP contribution in [0, 0.1) is 13.8 Å². The van der Waals surface area contributed by atoms with E-state index in [1.165, 1.54) is 11.2 Å². The third kappa shape index (κ3) is 7.68. The van der Waals surface area contributed by atoms with Crippen molar-refractivity contribution in [3.05, 3.63) is 65.4 Å². The van der Waals surface area contributed by atoms with Gasteiger partial charge in [-0.05, 0) is 38.0 Å². The summed E-state index contributed by atoms with van der Waals surface area (Å²) in [4.78, 5) is 64.4. The number of carbonyl (C=O) groups excluding carboxylic acids is 4. The van der Waals surface area contributed by atoms with Gasteiger partial charge in [-0.15, -0.1) is 0 Å². The highest BCUT2D eigenvalue weighted by Crippen LogP contribution is 2.15. The standard InChI is InChI=1S/C27H33N7O6/c1-17-24(40-18(2)32-17)27(38)34-10-4-3-8-30-26(37)22(13-20-14-28-16-31-20)33-25(36)19-6-5-7-21(12-19)39-11-9-29-23(35)15-34/h5-7,12,14,16,22H,3-4,8-11,13,15H2,1-2H3,(H,28,31)(H,29,35)(H,30,37)(H,33,36)/t22-/m0/s1. The van der Waals surface area contributed by atoms with Crippen molar-refractivity contribution in [3.63, 3.8) is 0 Å². The van der Waals surface area contributed by atoms with Crippen LogP contribution < -0.4 is 20.7 Å². The van der Waals surface area contributed by atoms with Crippen LogP contribution in [0.1, 0.15) is 51.0 Å². The van der Waals surface area contributed by atoms with Gasteiger partial charge in [-0.3, -0.25) is 19.2 Å². The normalized spacial score (nSPS) is 17.9. The Morgan fingerprint density at radius 1 is 1.12 bits per heavy atom. The Hall–Kier alpha value is -4.68. The fourth-order valence-corrected chi connectivity index (χ4v) is 4.27. The van der Waals surface area contributed by atoms with Crippen LogP contribution >= 0.6 is 0 Å². The molecule has 0 spiro atoms. The number of oxazole rings is 1. The van der Waals surface area contributed by atoms with Gasteiger partial charge < -0.3 is 35.0 Å². The number of aromatic nitrogens is 3. The second-order valence-electron chi connectivity index (χ2n) is 9.41. The average Bonchev–Trinajstić information content (AvgIpc) is 3.57. The van der Waals surface area contributed by atoms with Gasteiger partial charge in [-0.1, -0.05) is 6.07 Å². The lowest BCUT2D eigenvalue weighted by Crippen LogP contribution is -2.48. The highest BCUT2D eigenvalue weighted by Gasteiger charge is 2.25. The van der Waals surface area contributed by atoms with E-state index in [1.54, 1.807) is 44.3 Å². The quantitative estimate of drug-likeness (QED) is 0.372. The van der Waals surface area contributed by atoms with Crippen LogP contribution in [0.15, 0.2) is 41.2 Å². The van der Waals surface area contributed by atoms with E-state index in [-0.39, 0.29) is 50.2 Å². The number of aryl methyl sites for hydroxylation is 2. The Bertz CT molecular complexity index is 1340. The van der Waals surface area contributed by atoms with Gasteiger partial charge in [0.2, 0.25) is 17.6 Å². The maximum Gasteiger partial charge on any atom is 0.292 e. The number of carbonyl (C=O) groups is 4. The lowest BCUT2D eigenvalue weighted by atomic mass is 10.1. The number of nitrogens with one attached hydrogen (secondary N) is 4. The molecule has 0 saturated carbocycles. The number of imidazole rings is 1. The molecule has 2 aromatic heterocycles. The molecule has 1 aliphatic rings. The number of rotatable bonds is 3. The zero-order valence-corrected chi connectivity index (χ0v) is 22.5. The monoisotopic (exact) mass is 551 g/mol. The minimum atomic E-state index is -0.850. The van der Waals surface area contributed by atoms with Crippen molar-refractivity contribution in [2.24, 2.45) is 0 Å². The highest BCUT2D eigenvalue weighted by molar-refractivity contribution is 5.98. The van der Waals surface area contributed by atoms with Gasteiger partial charge in [0.05, 0.1) is 25.1 Å². The number of hydrogen-bond donors (Lipinski definition) is 4. The minimum absolute atomic E-state index is 0.0950. The number of hydrogen-bond acceptors (Lipinski definition) is 8. The Morgan fingerprint density at radius 2 is 1.98 bits per heavy atom. The molecule has 1 atom stereocenters. The van der Waals surface area contributed by atoms with Crippen LogP contribution in [0.3, 0.4) is 0 Å². The molecule has 40 heavy (non-hydrogen) atoms. The Labute approximate surface area is 231 Å². The Kier molecular flexibility index (Phi) is 9.49. The summed E-state index contributed by atoms with van der Waals surface area (Å²) in [5.41, 5.74) is 1.47. The summed E-state index contributed by atoms with van der Waals surface area (Å²) in [7, 11) is 0. The van der Waals surface area contributed by atoms with Crippen molar-refractivity contribution >= 4 is 23.6 Å². The fraction of sp³-hybridized carbons (Fsp3) is 0.407. The van der Waals surface area contributed by atoms with Gasteiger partial charge >= 0.3 is 0 Å². The van der Waals surface area contributed by atoms with Crippen LogP contribution in [0.25, 0.3) is 0 Å². The Morgan fingerprint density at radius 3 is 2.73 bits per heavy atom. The van der Waals surface area contributed by atoms with Crippen molar-refractivity contribution in [1.29, 1.82) is 0 Å². The lowest BCUT2D eigenvalue weighted by Gasteiger charge is -2.22. The van der Waals surface area contributed by atoms with Gasteiger partial charge in [0.25, 0.3) is 11.8 Å². The summed E-state index contributed by atoms with van der Waals surface area (Å²) in [5.74, 6) is -0.676. The average molecular weight is 552 g/mol. The predicted molar refractivity (Wildman–Crippen MR) is 143 cm³/mol. The molecule has 3 aromatic rings. The topological polar surface area (TPSA) is 172 Å². The van der Waals surface area contributed by atoms with Crippen molar-refractivity contribution in [3.8, 4) is 5.75 Å². The SMILES string of the molecule is Cc1nc(C)c(C(=O)N2CCCCNC(=O)[C@H](Cc3cnc[nH]3)NC(=O)c3cccc(c3)OCCNC(=O)C2)o1. The molecule has 0 radical (unpaired) electrons. The number of fused-ring (bicyclic) bond motifs is 2. The number of benzene rings is 1. The molecule has 4 N–H and O–H groups in total. The van der Waals surface area contributed by atoms with Crippen LogP contribution in [0.4, 0.5) is 0 Å². The molecule has 1 aromatic carbocycles. The highest BCUT2D eigenvalue weighted by atomic mass is 16.5. The predicted octanol–water partition coefficient (Wildman–Crippen LogP) is 0.903. The second kappa shape index (κ2) is 13.4. The number of nitrogens with zero attached hydrogens (tertiary/aromatic N) is 3. The molecule has 3 heterocycles. The molecule has 1 aliphatic heterocycles. The summed E-state index contributed by atoms with van der Waals surface area (Å²) in [6, 6.07) is 5.71. The smallest absolute Gasteiger partial charge is 0.292 e. The molecular formula is C27H33N7O6. The molecule has 0 unspecified atom stereocenters. The first-order valence-corrected chi connectivity index (χ1v) is 13.1. The zero-order chi connectivity index (χ0) is 28.5. The van der Waals surface area contributed by atoms with E-state index < -0.39 is 17.9 Å². The summed E-state index contributed by atoms with van der Waals surface area (Å²) in [5, 5.41) is 8.41. The van der Waals surface area contributed by atoms with Gasteiger partial charge in [0.15, 0.2) is 5.89 Å². The third-order valence-electron chi connectivity index (χ3n) is 6.26. The van der Waals surface area contributed by atoms with Crippen molar-refractivity contribution in [2.45, 2.75) is 39.2 Å². The number of H-pyrrole nitrogens is 1. The summed E-state index contributed by atoms with van der Waals surface area (Å²) < 4.78 is 11.2. The summed E-state index contributed by atoms with van der Waals surface area (Å²) >= 11 is 0. The Balaban J connectivity index is 1.50. The first-order chi connectivity index (χ1) is 19.3. The van der Waals surface area contributed by atoms with Gasteiger partial charge in [-0.25, -0.2) is 9.97 Å². The van der Waals surface area contributed by atoms with Crippen LogP contribution in [-0.2, 0) is 16.0 Å². The minimum Gasteiger partial charge on any atom is -0.492 e. The summed E-state index contributed by atoms with van der Waals surface area (Å²) in [6.07, 6.45) is 4.37. The van der Waals surface area contributed by atoms with Gasteiger partial charge in [0, 0.05) is 43.9 Å². The van der Waals surface area contributed by atoms with Crippen LogP contribution in [-0.4, -0.2) is 82.3 Å². The van der Waals surface area contributed by atoms with E-state index in [4.69, 9.17) is 9.15 Å². The van der Waals surface area contributed by atoms with E-state index in [0.717, 1.165) is 0 Å². The molecule has 2 bridgehead atoms. The lowest BCUT2D eigenvalue weighted by molar-refractivity contribution is -0.123. The van der Waals surface area contributed by atoms with E-state index in [1.807, 2.05) is 0 Å². The number of amides is 4. The zero-order valence-electron chi connectivity index (χ0n) is 22.5. The molecule has 212 valence electrons. The first-order valence-electron chi connectivity index (χ1n) is 13.1. The van der Waals surface area contributed by atoms with Gasteiger partial charge in [0.1, 0.15) is 18.4 Å². The molecule has 0 fully saturated rings. The van der Waals surface area contributed by atoms with Crippen LogP contribution in [0.5, 0.6) is 5.75 Å². The largest absolute Gasteiger partial charge is 0.492 e. The molecule has 0 aliphatic carbocycles. The second-order valence-corrected chi connectivity index (χ2v) is 9.41. The number of aromatic amines is 1. The molecule has 13 heteroatoms. The third-order valence-corrected chi connectivity index (χ3v) is 6.26. The van der Waals surface area contributed by atoms with Crippen molar-refractivity contribution in [1.82, 2.24) is 35.8 Å². The van der Waals surface area contributed by atoms with E-state index in [2.05, 4.69) is 30.9 Å². The van der Waals surface area contributed by atoms with Crippen molar-refractivity contribution in [2.75, 3.05) is 32.8 Å². The maximum absolute atomic E-state index is 13.2. The van der Waals surface area contributed by atoms with Crippen LogP contribution in [0.2, 0.25) is 0 Å². The molecule has 4 rings (SSSR count). The number of ether oxygens (including phenoxy) is 1. The molecule has 13 nitrogen and oxygen atoms in total. The maximum atomic E-state index is 13.2. The first kappa shape index (κ1) is 28.3. The van der Waals surface area contributed by atoms with Gasteiger partial charge in [-0.2, -0.15) is 0 Å². The molecule has 0 saturated heterocycles. The molecular weight excluding hydrogens is 518 g/mol. The van der Waals surface area contributed by atoms with E-state index in [9.17, 15) is 19.2 Å².